The van der Waals surface area contributed by atoms with Crippen LogP contribution in [-0.2, 0) is 6.42 Å². The van der Waals surface area contributed by atoms with Crippen molar-refractivity contribution in [2.75, 3.05) is 0 Å². The van der Waals surface area contributed by atoms with Gasteiger partial charge < -0.3 is 4.98 Å². The molecule has 0 bridgehead atoms. The van der Waals surface area contributed by atoms with E-state index in [1.165, 1.54) is 17.7 Å². The molecule has 1 N–H and O–H groups in total. The Labute approximate surface area is 71.7 Å². The van der Waals surface area contributed by atoms with E-state index in [4.69, 9.17) is 0 Å². The number of fused-ring (bicyclic) bond motifs is 1. The van der Waals surface area contributed by atoms with Crippen molar-refractivity contribution < 1.29 is 5.82 Å². The number of aryl methyl sites for hydroxylation is 1. The lowest BCUT2D eigenvalue weighted by atomic mass is 10.1. The first-order chi connectivity index (χ1) is 5.81. The zero-order valence-electron chi connectivity index (χ0n) is 6.89. The van der Waals surface area contributed by atoms with Gasteiger partial charge in [-0.2, -0.15) is 0 Å². The van der Waals surface area contributed by atoms with Crippen LogP contribution in [0.5, 0.6) is 0 Å². The van der Waals surface area contributed by atoms with Gasteiger partial charge in [-0.3, -0.25) is 0 Å². The van der Waals surface area contributed by atoms with Gasteiger partial charge in [-0.25, -0.2) is 4.39 Å². The average molecular weight is 165 g/mol. The van der Waals surface area contributed by atoms with E-state index in [1.807, 2.05) is 12.3 Å². The molecule has 0 unspecified atom stereocenters. The van der Waals surface area contributed by atoms with Crippen molar-refractivity contribution in [1.82, 2.24) is 4.98 Å². The first-order valence-corrected chi connectivity index (χ1v) is 4.07. The molecule has 0 saturated heterocycles. The van der Waals surface area contributed by atoms with Gasteiger partial charge in [-0.05, 0) is 30.2 Å². The Hall–Kier alpha value is -1.31. The van der Waals surface area contributed by atoms with Crippen LogP contribution in [0.15, 0.2) is 24.4 Å². The Morgan fingerprint density at radius 3 is 3.08 bits per heavy atom. The number of benzene rings is 1. The van der Waals surface area contributed by atoms with E-state index in [1.54, 1.807) is 0 Å². The summed E-state index contributed by atoms with van der Waals surface area (Å²) in [6, 6.07) is 4.84. The minimum absolute atomic E-state index is 0. The summed E-state index contributed by atoms with van der Waals surface area (Å²) in [6.45, 7) is 2.09. The fourth-order valence-corrected chi connectivity index (χ4v) is 1.45. The van der Waals surface area contributed by atoms with Crippen molar-refractivity contribution in [3.63, 3.8) is 0 Å². The zero-order valence-corrected chi connectivity index (χ0v) is 6.89. The van der Waals surface area contributed by atoms with Gasteiger partial charge in [-0.1, -0.05) is 6.92 Å². The lowest BCUT2D eigenvalue weighted by Gasteiger charge is -1.92. The highest BCUT2D eigenvalue weighted by Crippen LogP contribution is 2.19. The molecule has 0 aliphatic heterocycles. The normalized spacial score (nSPS) is 10.8. The standard InChI is InChI=1S/C10H10FN.H2/c1-2-7-6-12-10-5-8(11)3-4-9(7)10;/h3-6,12H,2H2,1H3;1H. The Bertz CT molecular complexity index is 408. The van der Waals surface area contributed by atoms with E-state index in [9.17, 15) is 4.39 Å². The van der Waals surface area contributed by atoms with E-state index in [0.717, 1.165) is 17.3 Å². The van der Waals surface area contributed by atoms with E-state index >= 15 is 0 Å². The number of aromatic nitrogens is 1. The Balaban J connectivity index is 0.000000845. The maximum absolute atomic E-state index is 12.7. The summed E-state index contributed by atoms with van der Waals surface area (Å²) in [5, 5.41) is 1.12. The molecule has 0 spiro atoms. The van der Waals surface area contributed by atoms with Crippen LogP contribution < -0.4 is 0 Å². The smallest absolute Gasteiger partial charge is 0.125 e. The first-order valence-electron chi connectivity index (χ1n) is 4.07. The summed E-state index contributed by atoms with van der Waals surface area (Å²) < 4.78 is 12.7. The second-order valence-electron chi connectivity index (χ2n) is 2.86. The largest absolute Gasteiger partial charge is 0.361 e. The SMILES string of the molecule is CCc1c[nH]c2cc(F)ccc12.[HH]. The highest BCUT2D eigenvalue weighted by atomic mass is 19.1. The van der Waals surface area contributed by atoms with Crippen LogP contribution >= 0.6 is 0 Å². The minimum atomic E-state index is -0.188. The molecule has 2 aromatic rings. The van der Waals surface area contributed by atoms with Crippen LogP contribution in [0.1, 0.15) is 13.9 Å². The van der Waals surface area contributed by atoms with Gasteiger partial charge in [0.15, 0.2) is 0 Å². The maximum atomic E-state index is 12.7. The average Bonchev–Trinajstić information content (AvgIpc) is 2.46. The van der Waals surface area contributed by atoms with E-state index in [2.05, 4.69) is 11.9 Å². The van der Waals surface area contributed by atoms with Crippen LogP contribution in [0.4, 0.5) is 4.39 Å². The van der Waals surface area contributed by atoms with E-state index in [0.29, 0.717) is 0 Å². The molecule has 1 aromatic carbocycles. The molecule has 0 amide bonds. The highest BCUT2D eigenvalue weighted by Gasteiger charge is 2.01. The molecule has 1 aromatic heterocycles. The predicted octanol–water partition coefficient (Wildman–Crippen LogP) is 3.12. The number of nitrogens with one attached hydrogen (secondary N) is 1. The van der Waals surface area contributed by atoms with Gasteiger partial charge in [0.2, 0.25) is 0 Å². The van der Waals surface area contributed by atoms with Crippen molar-refractivity contribution in [1.29, 1.82) is 0 Å². The monoisotopic (exact) mass is 165 g/mol. The lowest BCUT2D eigenvalue weighted by Crippen LogP contribution is -1.76. The molecule has 0 fully saturated rings. The number of hydrogen-bond donors (Lipinski definition) is 1. The van der Waals surface area contributed by atoms with Crippen LogP contribution in [0.3, 0.4) is 0 Å². The van der Waals surface area contributed by atoms with Crippen LogP contribution in [0.2, 0.25) is 0 Å². The topological polar surface area (TPSA) is 15.8 Å². The van der Waals surface area contributed by atoms with Crippen LogP contribution in [0.25, 0.3) is 10.9 Å². The van der Waals surface area contributed by atoms with Crippen LogP contribution in [-0.4, -0.2) is 4.98 Å². The quantitative estimate of drug-likeness (QED) is 0.668. The second-order valence-corrected chi connectivity index (χ2v) is 2.86. The summed E-state index contributed by atoms with van der Waals surface area (Å²) >= 11 is 0. The van der Waals surface area contributed by atoms with Gasteiger partial charge in [0.1, 0.15) is 5.82 Å². The van der Waals surface area contributed by atoms with Crippen molar-refractivity contribution >= 4 is 10.9 Å². The number of hydrogen-bond acceptors (Lipinski definition) is 0. The molecule has 0 saturated carbocycles. The van der Waals surface area contributed by atoms with Gasteiger partial charge in [0, 0.05) is 18.5 Å². The first kappa shape index (κ1) is 7.35. The van der Waals surface area contributed by atoms with Gasteiger partial charge >= 0.3 is 0 Å². The fourth-order valence-electron chi connectivity index (χ4n) is 1.45. The van der Waals surface area contributed by atoms with Crippen molar-refractivity contribution in [3.8, 4) is 0 Å². The van der Waals surface area contributed by atoms with Crippen molar-refractivity contribution in [2.24, 2.45) is 0 Å². The summed E-state index contributed by atoms with van der Waals surface area (Å²) in [5.41, 5.74) is 2.12. The Morgan fingerprint density at radius 1 is 1.50 bits per heavy atom. The molecular formula is C10H12FN. The molecule has 12 heavy (non-hydrogen) atoms. The lowest BCUT2D eigenvalue weighted by molar-refractivity contribution is 0.629. The Morgan fingerprint density at radius 2 is 2.33 bits per heavy atom. The molecule has 64 valence electrons. The molecule has 0 aliphatic rings. The number of aromatic amines is 1. The number of rotatable bonds is 1. The molecule has 0 aliphatic carbocycles. The molecule has 0 radical (unpaired) electrons. The number of H-pyrrole nitrogens is 1. The third-order valence-corrected chi connectivity index (χ3v) is 2.11. The van der Waals surface area contributed by atoms with Crippen molar-refractivity contribution in [2.45, 2.75) is 13.3 Å². The Kier molecular flexibility index (Phi) is 1.61. The van der Waals surface area contributed by atoms with Gasteiger partial charge in [-0.15, -0.1) is 0 Å². The fraction of sp³-hybridized carbons (Fsp3) is 0.200. The van der Waals surface area contributed by atoms with Crippen LogP contribution in [0, 0.1) is 5.82 Å². The second kappa shape index (κ2) is 2.63. The predicted molar refractivity (Wildman–Crippen MR) is 49.7 cm³/mol. The molecular weight excluding hydrogens is 153 g/mol. The summed E-state index contributed by atoms with van der Waals surface area (Å²) in [5.74, 6) is -0.188. The third kappa shape index (κ3) is 0.998. The minimum Gasteiger partial charge on any atom is -0.361 e. The molecule has 0 atom stereocenters. The highest BCUT2D eigenvalue weighted by molar-refractivity contribution is 5.83. The zero-order chi connectivity index (χ0) is 8.55. The van der Waals surface area contributed by atoms with Gasteiger partial charge in [0.25, 0.3) is 0 Å². The molecule has 2 rings (SSSR count). The van der Waals surface area contributed by atoms with E-state index < -0.39 is 0 Å². The van der Waals surface area contributed by atoms with E-state index in [-0.39, 0.29) is 7.24 Å². The summed E-state index contributed by atoms with van der Waals surface area (Å²) in [7, 11) is 0. The molecule has 1 heterocycles. The summed E-state index contributed by atoms with van der Waals surface area (Å²) in [4.78, 5) is 3.04. The van der Waals surface area contributed by atoms with Gasteiger partial charge in [0.05, 0.1) is 0 Å². The third-order valence-electron chi connectivity index (χ3n) is 2.11. The maximum Gasteiger partial charge on any atom is 0.125 e. The summed E-state index contributed by atoms with van der Waals surface area (Å²) in [6.07, 6.45) is 2.91. The van der Waals surface area contributed by atoms with Crippen molar-refractivity contribution in [3.05, 3.63) is 35.8 Å². The molecule has 2 heteroatoms. The number of halogens is 1. The molecule has 1 nitrogen and oxygen atoms in total.